The van der Waals surface area contributed by atoms with E-state index in [1.54, 1.807) is 0 Å². The maximum atomic E-state index is 4.43. The van der Waals surface area contributed by atoms with Crippen molar-refractivity contribution >= 4 is 22.4 Å². The van der Waals surface area contributed by atoms with E-state index in [1.165, 1.54) is 35.1 Å². The van der Waals surface area contributed by atoms with Gasteiger partial charge in [0.1, 0.15) is 5.82 Å². The average molecular weight is 345 g/mol. The maximum Gasteiger partial charge on any atom is 0.184 e. The lowest BCUT2D eigenvalue weighted by molar-refractivity contribution is 0.804. The quantitative estimate of drug-likeness (QED) is 0.590. The molecular formula is C21H23N5. The molecule has 132 valence electrons. The Bertz CT molecular complexity index is 1090. The van der Waals surface area contributed by atoms with Gasteiger partial charge in [0.25, 0.3) is 0 Å². The van der Waals surface area contributed by atoms with Gasteiger partial charge in [-0.1, -0.05) is 30.3 Å². The number of pyridine rings is 1. The van der Waals surface area contributed by atoms with Crippen LogP contribution in [0.3, 0.4) is 0 Å². The van der Waals surface area contributed by atoms with Crippen LogP contribution in [0.4, 0.5) is 5.69 Å². The third kappa shape index (κ3) is 2.55. The van der Waals surface area contributed by atoms with Crippen molar-refractivity contribution in [1.82, 2.24) is 19.2 Å². The first-order valence-electron chi connectivity index (χ1n) is 9.33. The van der Waals surface area contributed by atoms with E-state index >= 15 is 0 Å². The van der Waals surface area contributed by atoms with E-state index in [-0.39, 0.29) is 0 Å². The number of aromatic nitrogens is 4. The van der Waals surface area contributed by atoms with Gasteiger partial charge in [-0.25, -0.2) is 0 Å². The number of nitrogens with one attached hydrogen (secondary N) is 1. The number of rotatable bonds is 5. The molecule has 0 radical (unpaired) electrons. The topological polar surface area (TPSA) is 47.1 Å². The van der Waals surface area contributed by atoms with E-state index in [4.69, 9.17) is 0 Å². The molecule has 0 amide bonds. The van der Waals surface area contributed by atoms with Crippen molar-refractivity contribution in [3.05, 3.63) is 59.5 Å². The number of nitrogens with zero attached hydrogens (tertiary/aromatic N) is 4. The van der Waals surface area contributed by atoms with Gasteiger partial charge in [-0.05, 0) is 50.3 Å². The van der Waals surface area contributed by atoms with E-state index in [2.05, 4.69) is 73.9 Å². The van der Waals surface area contributed by atoms with Crippen LogP contribution >= 0.6 is 0 Å². The van der Waals surface area contributed by atoms with E-state index in [1.807, 2.05) is 6.92 Å². The minimum atomic E-state index is 0.813. The molecule has 0 bridgehead atoms. The lowest BCUT2D eigenvalue weighted by atomic mass is 10.2. The molecule has 1 saturated carbocycles. The number of hydrogen-bond acceptors (Lipinski definition) is 3. The van der Waals surface area contributed by atoms with Gasteiger partial charge in [0.15, 0.2) is 5.65 Å². The molecule has 3 aromatic heterocycles. The Kier molecular flexibility index (Phi) is 3.48. The Hall–Kier alpha value is -2.82. The summed E-state index contributed by atoms with van der Waals surface area (Å²) in [4.78, 5) is 0. The highest BCUT2D eigenvalue weighted by Gasteiger charge is 2.22. The fourth-order valence-corrected chi connectivity index (χ4v) is 3.72. The molecule has 1 N–H and O–H groups in total. The van der Waals surface area contributed by atoms with Crippen LogP contribution in [0.25, 0.3) is 16.7 Å². The molecule has 4 aromatic rings. The van der Waals surface area contributed by atoms with Crippen molar-refractivity contribution in [1.29, 1.82) is 0 Å². The summed E-state index contributed by atoms with van der Waals surface area (Å²) in [6.45, 7) is 6.08. The second-order valence-corrected chi connectivity index (χ2v) is 7.42. The van der Waals surface area contributed by atoms with Crippen molar-refractivity contribution in [2.24, 2.45) is 5.92 Å². The van der Waals surface area contributed by atoms with Gasteiger partial charge in [-0.15, -0.1) is 10.2 Å². The summed E-state index contributed by atoms with van der Waals surface area (Å²) in [5.41, 5.74) is 6.96. The average Bonchev–Trinajstić information content (AvgIpc) is 3.33. The smallest absolute Gasteiger partial charge is 0.184 e. The van der Waals surface area contributed by atoms with Crippen LogP contribution < -0.4 is 5.32 Å². The SMILES string of the molecule is Cc1cc2c(cc(NCC3CC3)c3nnc(C)n32)n1Cc1ccccc1. The summed E-state index contributed by atoms with van der Waals surface area (Å²) < 4.78 is 4.56. The van der Waals surface area contributed by atoms with E-state index in [0.717, 1.165) is 36.2 Å². The number of benzene rings is 1. The lowest BCUT2D eigenvalue weighted by Gasteiger charge is -2.12. The van der Waals surface area contributed by atoms with E-state index in [9.17, 15) is 0 Å². The molecule has 5 heteroatoms. The molecule has 0 atom stereocenters. The molecule has 1 fully saturated rings. The summed E-state index contributed by atoms with van der Waals surface area (Å²) in [6.07, 6.45) is 2.67. The minimum Gasteiger partial charge on any atom is -0.382 e. The zero-order valence-electron chi connectivity index (χ0n) is 15.2. The van der Waals surface area contributed by atoms with Crippen LogP contribution in [-0.2, 0) is 6.54 Å². The second kappa shape index (κ2) is 5.87. The highest BCUT2D eigenvalue weighted by molar-refractivity contribution is 5.88. The zero-order chi connectivity index (χ0) is 17.7. The Morgan fingerprint density at radius 2 is 1.85 bits per heavy atom. The molecule has 1 aliphatic carbocycles. The van der Waals surface area contributed by atoms with E-state index in [0.29, 0.717) is 0 Å². The van der Waals surface area contributed by atoms with Crippen LogP contribution in [0.15, 0.2) is 42.5 Å². The maximum absolute atomic E-state index is 4.43. The fraction of sp³-hybridized carbons (Fsp3) is 0.333. The fourth-order valence-electron chi connectivity index (χ4n) is 3.72. The Morgan fingerprint density at radius 3 is 2.62 bits per heavy atom. The Morgan fingerprint density at radius 1 is 1.04 bits per heavy atom. The third-order valence-electron chi connectivity index (χ3n) is 5.37. The molecule has 0 saturated heterocycles. The number of fused-ring (bicyclic) bond motifs is 3. The summed E-state index contributed by atoms with van der Waals surface area (Å²) in [5.74, 6) is 1.74. The van der Waals surface area contributed by atoms with Gasteiger partial charge in [0.2, 0.25) is 0 Å². The molecule has 0 aliphatic heterocycles. The van der Waals surface area contributed by atoms with Gasteiger partial charge >= 0.3 is 0 Å². The van der Waals surface area contributed by atoms with Crippen LogP contribution in [0.5, 0.6) is 0 Å². The highest BCUT2D eigenvalue weighted by Crippen LogP contribution is 2.32. The summed E-state index contributed by atoms with van der Waals surface area (Å²) >= 11 is 0. The second-order valence-electron chi connectivity index (χ2n) is 7.42. The van der Waals surface area contributed by atoms with Crippen LogP contribution in [0.2, 0.25) is 0 Å². The molecular weight excluding hydrogens is 322 g/mol. The monoisotopic (exact) mass is 345 g/mol. The molecule has 26 heavy (non-hydrogen) atoms. The Balaban J connectivity index is 1.68. The van der Waals surface area contributed by atoms with Gasteiger partial charge in [-0.3, -0.25) is 4.40 Å². The van der Waals surface area contributed by atoms with Crippen molar-refractivity contribution in [2.45, 2.75) is 33.2 Å². The van der Waals surface area contributed by atoms with Crippen molar-refractivity contribution in [3.63, 3.8) is 0 Å². The largest absolute Gasteiger partial charge is 0.382 e. The van der Waals surface area contributed by atoms with Crippen molar-refractivity contribution in [2.75, 3.05) is 11.9 Å². The van der Waals surface area contributed by atoms with Crippen LogP contribution in [0, 0.1) is 19.8 Å². The van der Waals surface area contributed by atoms with Gasteiger partial charge in [0.05, 0.1) is 16.7 Å². The number of anilines is 1. The molecule has 1 aliphatic rings. The van der Waals surface area contributed by atoms with Gasteiger partial charge in [-0.2, -0.15) is 0 Å². The number of hydrogen-bond donors (Lipinski definition) is 1. The third-order valence-corrected chi connectivity index (χ3v) is 5.37. The van der Waals surface area contributed by atoms with E-state index < -0.39 is 0 Å². The standard InChI is InChI=1S/C21H23N5/c1-14-10-20-19(25(14)13-17-6-4-3-5-7-17)11-18(22-12-16-8-9-16)21-24-23-15(2)26(20)21/h3-7,10-11,16,22H,8-9,12-13H2,1-2H3. The molecule has 3 heterocycles. The zero-order valence-corrected chi connectivity index (χ0v) is 15.2. The first kappa shape index (κ1) is 15.4. The minimum absolute atomic E-state index is 0.813. The molecule has 0 unspecified atom stereocenters. The molecule has 0 spiro atoms. The van der Waals surface area contributed by atoms with Crippen molar-refractivity contribution < 1.29 is 0 Å². The molecule has 5 rings (SSSR count). The lowest BCUT2D eigenvalue weighted by Crippen LogP contribution is -2.07. The van der Waals surface area contributed by atoms with Crippen LogP contribution in [-0.4, -0.2) is 25.7 Å². The highest BCUT2D eigenvalue weighted by atomic mass is 15.3. The van der Waals surface area contributed by atoms with Gasteiger partial charge in [0, 0.05) is 18.8 Å². The first-order valence-corrected chi connectivity index (χ1v) is 9.33. The normalized spacial score (nSPS) is 14.4. The summed E-state index contributed by atoms with van der Waals surface area (Å²) in [5, 5.41) is 12.4. The first-order chi connectivity index (χ1) is 12.7. The predicted molar refractivity (Wildman–Crippen MR) is 105 cm³/mol. The predicted octanol–water partition coefficient (Wildman–Crippen LogP) is 4.17. The molecule has 5 nitrogen and oxygen atoms in total. The Labute approximate surface area is 152 Å². The molecule has 1 aromatic carbocycles. The van der Waals surface area contributed by atoms with Gasteiger partial charge < -0.3 is 9.88 Å². The summed E-state index contributed by atoms with van der Waals surface area (Å²) in [7, 11) is 0. The number of aryl methyl sites for hydroxylation is 2. The summed E-state index contributed by atoms with van der Waals surface area (Å²) in [6, 6.07) is 15.1. The van der Waals surface area contributed by atoms with Crippen LogP contribution in [0.1, 0.15) is 29.9 Å². The van der Waals surface area contributed by atoms with Crippen molar-refractivity contribution in [3.8, 4) is 0 Å².